The van der Waals surface area contributed by atoms with Gasteiger partial charge in [-0.05, 0) is 82.6 Å². The Bertz CT molecular complexity index is 1560. The number of unbranched alkanes of at least 4 members (excludes halogenated alkanes) is 3. The van der Waals surface area contributed by atoms with Gasteiger partial charge in [-0.25, -0.2) is 4.57 Å². The number of aliphatic hydroxyl groups is 1. The number of ether oxygens (including phenoxy) is 2. The number of hydrogen-bond donors (Lipinski definition) is 2. The zero-order valence-corrected chi connectivity index (χ0v) is 39.3. The molecule has 12 heteroatoms. The fourth-order valence-electron chi connectivity index (χ4n) is 5.91. The quantitative estimate of drug-likeness (QED) is 0.0205. The van der Waals surface area contributed by atoms with Crippen molar-refractivity contribution in [3.63, 3.8) is 0 Å². The van der Waals surface area contributed by atoms with Crippen molar-refractivity contribution in [2.75, 3.05) is 47.5 Å². The number of phosphoric ester groups is 1. The number of likely N-dealkylation sites (N-methyl/N-ethyl adjacent to an activating group) is 1. The Hall–Kier alpha value is -3.70. The van der Waals surface area contributed by atoms with E-state index in [4.69, 9.17) is 18.5 Å². The normalized spacial score (nSPS) is 18.3. The second-order valence-corrected chi connectivity index (χ2v) is 17.8. The Labute approximate surface area is 373 Å². The summed E-state index contributed by atoms with van der Waals surface area (Å²) in [5.74, 6) is -1.31. The fraction of sp³-hybridized carbons (Fsp3) is 0.580. The van der Waals surface area contributed by atoms with Crippen molar-refractivity contribution in [1.29, 1.82) is 0 Å². The number of allylic oxidation sites excluding steroid dienone is 17. The highest BCUT2D eigenvalue weighted by Crippen LogP contribution is 2.43. The molecule has 0 spiro atoms. The van der Waals surface area contributed by atoms with Gasteiger partial charge in [0, 0.05) is 18.8 Å². The number of carbonyl (C=O) groups excluding carboxylic acids is 3. The summed E-state index contributed by atoms with van der Waals surface area (Å²) in [4.78, 5) is 47.9. The molecular formula is C50H79NO10P+. The molecule has 0 fully saturated rings. The van der Waals surface area contributed by atoms with Crippen LogP contribution in [-0.4, -0.2) is 91.9 Å². The lowest BCUT2D eigenvalue weighted by Gasteiger charge is -2.24. The molecule has 11 nitrogen and oxygen atoms in total. The van der Waals surface area contributed by atoms with Crippen LogP contribution in [0.15, 0.2) is 109 Å². The highest BCUT2D eigenvalue weighted by atomic mass is 31.2. The lowest BCUT2D eigenvalue weighted by Crippen LogP contribution is -2.37. The minimum absolute atomic E-state index is 0.0101. The summed E-state index contributed by atoms with van der Waals surface area (Å²) in [6.07, 6.45) is 46.4. The van der Waals surface area contributed by atoms with E-state index in [-0.39, 0.29) is 43.7 Å². The molecular weight excluding hydrogens is 806 g/mol. The van der Waals surface area contributed by atoms with Crippen LogP contribution in [0.1, 0.15) is 117 Å². The van der Waals surface area contributed by atoms with Crippen LogP contribution < -0.4 is 0 Å². The molecule has 1 unspecified atom stereocenters. The van der Waals surface area contributed by atoms with E-state index in [9.17, 15) is 28.9 Å². The number of nitrogens with zero attached hydrogens (tertiary/aromatic N) is 1. The Morgan fingerprint density at radius 2 is 1.35 bits per heavy atom. The molecule has 1 aliphatic carbocycles. The molecule has 1 aliphatic rings. The zero-order valence-electron chi connectivity index (χ0n) is 38.4. The molecule has 5 atom stereocenters. The molecule has 0 aromatic heterocycles. The molecule has 0 bridgehead atoms. The second kappa shape index (κ2) is 35.7. The lowest BCUT2D eigenvalue weighted by atomic mass is 9.90. The maximum Gasteiger partial charge on any atom is 0.472 e. The van der Waals surface area contributed by atoms with E-state index in [1.165, 1.54) is 0 Å². The number of carbonyl (C=O) groups is 3. The third kappa shape index (κ3) is 32.9. The molecule has 0 saturated carbocycles. The monoisotopic (exact) mass is 885 g/mol. The zero-order chi connectivity index (χ0) is 45.7. The summed E-state index contributed by atoms with van der Waals surface area (Å²) in [6.45, 7) is 3.85. The number of phosphoric acid groups is 1. The molecule has 0 radical (unpaired) electrons. The van der Waals surface area contributed by atoms with Crippen LogP contribution in [0.4, 0.5) is 0 Å². The van der Waals surface area contributed by atoms with Crippen molar-refractivity contribution in [2.24, 2.45) is 11.8 Å². The number of ketones is 1. The number of rotatable bonds is 36. The van der Waals surface area contributed by atoms with Crippen molar-refractivity contribution < 1.29 is 52.0 Å². The SMILES string of the molecule is CC/C=C\C/C=C\C/C=C\C/C=C\C/C=C\C/C=C\CCC(=O)OC[C@H](COP(=O)(O)OCC[N+](C)(C)C)OC(=O)CCC/C=C\C[C@H]1C=CC(=O)[C@@H]1/C=C/[C@@H](O)CCCCC. The predicted octanol–water partition coefficient (Wildman–Crippen LogP) is 10.7. The molecule has 2 N–H and O–H groups in total. The summed E-state index contributed by atoms with van der Waals surface area (Å²) >= 11 is 0. The van der Waals surface area contributed by atoms with E-state index in [0.29, 0.717) is 43.1 Å². The van der Waals surface area contributed by atoms with Crippen LogP contribution >= 0.6 is 7.82 Å². The van der Waals surface area contributed by atoms with Crippen molar-refractivity contribution in [3.05, 3.63) is 109 Å². The van der Waals surface area contributed by atoms with Gasteiger partial charge in [0.15, 0.2) is 11.9 Å². The molecule has 0 amide bonds. The average Bonchev–Trinajstić information content (AvgIpc) is 3.57. The van der Waals surface area contributed by atoms with Crippen molar-refractivity contribution >= 4 is 25.5 Å². The van der Waals surface area contributed by atoms with Gasteiger partial charge in [0.2, 0.25) is 0 Å². The first-order valence-corrected chi connectivity index (χ1v) is 24.2. The van der Waals surface area contributed by atoms with Gasteiger partial charge in [-0.3, -0.25) is 23.4 Å². The van der Waals surface area contributed by atoms with Gasteiger partial charge in [-0.15, -0.1) is 0 Å². The third-order valence-electron chi connectivity index (χ3n) is 9.55. The van der Waals surface area contributed by atoms with E-state index >= 15 is 0 Å². The Kier molecular flexibility index (Phi) is 32.5. The Morgan fingerprint density at radius 1 is 0.758 bits per heavy atom. The molecule has 348 valence electrons. The number of esters is 2. The van der Waals surface area contributed by atoms with E-state index in [0.717, 1.165) is 57.8 Å². The fourth-order valence-corrected chi connectivity index (χ4v) is 6.65. The molecule has 0 aromatic rings. The predicted molar refractivity (Wildman–Crippen MR) is 251 cm³/mol. The Morgan fingerprint density at radius 3 is 1.95 bits per heavy atom. The molecule has 62 heavy (non-hydrogen) atoms. The van der Waals surface area contributed by atoms with E-state index in [1.807, 2.05) is 57.6 Å². The van der Waals surface area contributed by atoms with Crippen LogP contribution in [0.5, 0.6) is 0 Å². The summed E-state index contributed by atoms with van der Waals surface area (Å²) in [7, 11) is 1.29. The third-order valence-corrected chi connectivity index (χ3v) is 10.5. The van der Waals surface area contributed by atoms with Crippen molar-refractivity contribution in [2.45, 2.75) is 129 Å². The van der Waals surface area contributed by atoms with E-state index in [2.05, 4.69) is 74.6 Å². The average molecular weight is 885 g/mol. The topological polar surface area (TPSA) is 146 Å². The summed E-state index contributed by atoms with van der Waals surface area (Å²) in [5, 5.41) is 10.2. The maximum absolute atomic E-state index is 12.8. The smallest absolute Gasteiger partial charge is 0.462 e. The van der Waals surface area contributed by atoms with E-state index in [1.54, 1.807) is 12.2 Å². The largest absolute Gasteiger partial charge is 0.472 e. The number of quaternary nitrogens is 1. The first-order valence-electron chi connectivity index (χ1n) is 22.7. The molecule has 0 heterocycles. The number of aliphatic hydroxyl groups excluding tert-OH is 1. The highest BCUT2D eigenvalue weighted by molar-refractivity contribution is 7.47. The highest BCUT2D eigenvalue weighted by Gasteiger charge is 2.28. The minimum Gasteiger partial charge on any atom is -0.462 e. The van der Waals surface area contributed by atoms with Gasteiger partial charge in [0.05, 0.1) is 33.9 Å². The van der Waals surface area contributed by atoms with Crippen molar-refractivity contribution in [3.8, 4) is 0 Å². The second-order valence-electron chi connectivity index (χ2n) is 16.4. The van der Waals surface area contributed by atoms with Gasteiger partial charge in [0.25, 0.3) is 0 Å². The molecule has 1 rings (SSSR count). The van der Waals surface area contributed by atoms with Gasteiger partial charge in [-0.1, -0.05) is 136 Å². The summed E-state index contributed by atoms with van der Waals surface area (Å²) in [5.41, 5.74) is 0. The van der Waals surface area contributed by atoms with Gasteiger partial charge < -0.3 is 24.0 Å². The van der Waals surface area contributed by atoms with Crippen LogP contribution in [0.3, 0.4) is 0 Å². The van der Waals surface area contributed by atoms with Crippen LogP contribution in [0.2, 0.25) is 0 Å². The minimum atomic E-state index is -4.46. The molecule has 0 aromatic carbocycles. The van der Waals surface area contributed by atoms with Crippen molar-refractivity contribution in [1.82, 2.24) is 0 Å². The van der Waals surface area contributed by atoms with Gasteiger partial charge in [0.1, 0.15) is 19.8 Å². The van der Waals surface area contributed by atoms with Gasteiger partial charge >= 0.3 is 19.8 Å². The Balaban J connectivity index is 2.52. The molecule has 0 saturated heterocycles. The molecule has 0 aliphatic heterocycles. The lowest BCUT2D eigenvalue weighted by molar-refractivity contribution is -0.870. The number of hydrogen-bond acceptors (Lipinski definition) is 9. The first-order chi connectivity index (χ1) is 29.8. The van der Waals surface area contributed by atoms with Crippen LogP contribution in [0.25, 0.3) is 0 Å². The summed E-state index contributed by atoms with van der Waals surface area (Å²) in [6, 6.07) is 0. The summed E-state index contributed by atoms with van der Waals surface area (Å²) < 4.78 is 34.2. The van der Waals surface area contributed by atoms with Gasteiger partial charge in [-0.2, -0.15) is 0 Å². The van der Waals surface area contributed by atoms with E-state index < -0.39 is 38.6 Å². The standard InChI is InChI=1S/C50H78NO10P/c1-6-8-10-11-12-13-14-15-16-17-18-19-20-21-22-23-24-25-30-34-49(54)58-42-46(43-60-62(56,57)59-41-40-51(3,4)5)61-50(55)35-31-27-26-29-32-44-36-39-48(53)47(44)38-37-45(52)33-28-9-7-2/h8,10,12-13,15-16,18-19,21-22,24-26,29,36-39,44-47,52H,6-7,9,11,14,17,20,23,27-28,30-35,40-43H2,1-5H3/p+1/b10-8-,13-12-,16-15-,19-18-,22-21-,25-24-,29-26-,38-37+/t44-,45-,46+,47+/m0/s1. The maximum atomic E-state index is 12.8. The van der Waals surface area contributed by atoms with Crippen LogP contribution in [0, 0.1) is 11.8 Å². The van der Waals surface area contributed by atoms with Crippen LogP contribution in [-0.2, 0) is 37.5 Å². The first kappa shape index (κ1) is 56.3.